The van der Waals surface area contributed by atoms with Crippen LogP contribution in [0.25, 0.3) is 0 Å². The SMILES string of the molecule is CCNC(=NCc1ccc(C)s1)NCCCN(C)CC(F)(F)F. The maximum absolute atomic E-state index is 12.2. The van der Waals surface area contributed by atoms with Crippen LogP contribution in [0.15, 0.2) is 17.1 Å². The molecule has 1 aromatic rings. The third-order valence-corrected chi connectivity index (χ3v) is 3.98. The zero-order chi connectivity index (χ0) is 17.3. The van der Waals surface area contributed by atoms with E-state index in [4.69, 9.17) is 0 Å². The number of halogens is 3. The molecule has 4 nitrogen and oxygen atoms in total. The van der Waals surface area contributed by atoms with Crippen LogP contribution in [0.3, 0.4) is 0 Å². The van der Waals surface area contributed by atoms with Crippen LogP contribution < -0.4 is 10.6 Å². The van der Waals surface area contributed by atoms with Crippen molar-refractivity contribution >= 4 is 17.3 Å². The van der Waals surface area contributed by atoms with E-state index in [0.717, 1.165) is 6.54 Å². The Bertz CT molecular complexity index is 485. The minimum absolute atomic E-state index is 0.385. The number of nitrogens with zero attached hydrogens (tertiary/aromatic N) is 2. The van der Waals surface area contributed by atoms with E-state index in [1.165, 1.54) is 21.7 Å². The summed E-state index contributed by atoms with van der Waals surface area (Å²) in [6.45, 7) is 5.46. The molecule has 0 unspecified atom stereocenters. The third kappa shape index (κ3) is 9.45. The maximum atomic E-state index is 12.2. The van der Waals surface area contributed by atoms with Crippen LogP contribution in [0.1, 0.15) is 23.1 Å². The number of nitrogens with one attached hydrogen (secondary N) is 2. The van der Waals surface area contributed by atoms with Crippen molar-refractivity contribution in [3.63, 3.8) is 0 Å². The van der Waals surface area contributed by atoms with Gasteiger partial charge >= 0.3 is 6.18 Å². The molecule has 0 fully saturated rings. The van der Waals surface area contributed by atoms with E-state index in [1.54, 1.807) is 11.3 Å². The van der Waals surface area contributed by atoms with Crippen molar-refractivity contribution in [3.8, 4) is 0 Å². The van der Waals surface area contributed by atoms with Gasteiger partial charge in [0.1, 0.15) is 0 Å². The second kappa shape index (κ2) is 9.77. The summed E-state index contributed by atoms with van der Waals surface area (Å²) in [5.74, 6) is 0.692. The summed E-state index contributed by atoms with van der Waals surface area (Å²) in [7, 11) is 1.48. The Balaban J connectivity index is 2.32. The number of thiophene rings is 1. The van der Waals surface area contributed by atoms with Gasteiger partial charge in [0, 0.05) is 22.8 Å². The maximum Gasteiger partial charge on any atom is 0.401 e. The lowest BCUT2D eigenvalue weighted by molar-refractivity contribution is -0.143. The van der Waals surface area contributed by atoms with Gasteiger partial charge in [-0.2, -0.15) is 13.2 Å². The zero-order valence-corrected chi connectivity index (χ0v) is 14.7. The standard InChI is InChI=1S/C15H25F3N4S/c1-4-19-14(21-10-13-7-6-12(2)23-13)20-8-5-9-22(3)11-15(16,17)18/h6-7H,4-5,8-11H2,1-3H3,(H2,19,20,21). The molecule has 0 saturated carbocycles. The van der Waals surface area contributed by atoms with Gasteiger partial charge < -0.3 is 10.6 Å². The fraction of sp³-hybridized carbons (Fsp3) is 0.667. The predicted octanol–water partition coefficient (Wildman–Crippen LogP) is 3.00. The van der Waals surface area contributed by atoms with E-state index in [2.05, 4.69) is 34.7 Å². The number of guanidine groups is 1. The van der Waals surface area contributed by atoms with Crippen LogP contribution in [0.5, 0.6) is 0 Å². The molecule has 0 spiro atoms. The van der Waals surface area contributed by atoms with Gasteiger partial charge in [0.2, 0.25) is 0 Å². The smallest absolute Gasteiger partial charge is 0.357 e. The van der Waals surface area contributed by atoms with Crippen LogP contribution in [0.2, 0.25) is 0 Å². The second-order valence-electron chi connectivity index (χ2n) is 5.34. The number of alkyl halides is 3. The van der Waals surface area contributed by atoms with E-state index in [0.29, 0.717) is 32.0 Å². The van der Waals surface area contributed by atoms with Crippen molar-refractivity contribution in [1.82, 2.24) is 15.5 Å². The summed E-state index contributed by atoms with van der Waals surface area (Å²) < 4.78 is 36.7. The fourth-order valence-corrected chi connectivity index (χ4v) is 2.82. The van der Waals surface area contributed by atoms with Crippen molar-refractivity contribution in [3.05, 3.63) is 21.9 Å². The van der Waals surface area contributed by atoms with Crippen LogP contribution in [0, 0.1) is 6.92 Å². The van der Waals surface area contributed by atoms with E-state index in [1.807, 2.05) is 6.92 Å². The lowest BCUT2D eigenvalue weighted by Crippen LogP contribution is -2.39. The van der Waals surface area contributed by atoms with Crippen LogP contribution >= 0.6 is 11.3 Å². The first-order chi connectivity index (χ1) is 10.8. The average molecular weight is 350 g/mol. The molecule has 0 aromatic carbocycles. The molecule has 0 atom stereocenters. The van der Waals surface area contributed by atoms with Gasteiger partial charge in [-0.15, -0.1) is 11.3 Å². The minimum Gasteiger partial charge on any atom is -0.357 e. The summed E-state index contributed by atoms with van der Waals surface area (Å²) in [6.07, 6.45) is -3.52. The lowest BCUT2D eigenvalue weighted by Gasteiger charge is -2.18. The van der Waals surface area contributed by atoms with E-state index >= 15 is 0 Å². The van der Waals surface area contributed by atoms with Crippen molar-refractivity contribution in [2.24, 2.45) is 4.99 Å². The Kier molecular flexibility index (Phi) is 8.40. The molecule has 0 bridgehead atoms. The molecule has 1 aromatic heterocycles. The van der Waals surface area contributed by atoms with Gasteiger partial charge in [0.05, 0.1) is 13.1 Å². The van der Waals surface area contributed by atoms with Crippen LogP contribution in [0.4, 0.5) is 13.2 Å². The fourth-order valence-electron chi connectivity index (χ4n) is 2.01. The van der Waals surface area contributed by atoms with E-state index < -0.39 is 12.7 Å². The molecule has 132 valence electrons. The van der Waals surface area contributed by atoms with E-state index in [-0.39, 0.29) is 0 Å². The van der Waals surface area contributed by atoms with Crippen molar-refractivity contribution in [2.75, 3.05) is 33.2 Å². The van der Waals surface area contributed by atoms with E-state index in [9.17, 15) is 13.2 Å². The number of rotatable bonds is 8. The molecule has 2 N–H and O–H groups in total. The topological polar surface area (TPSA) is 39.7 Å². The molecule has 0 aliphatic heterocycles. The molecule has 8 heteroatoms. The monoisotopic (exact) mass is 350 g/mol. The van der Waals surface area contributed by atoms with Crippen molar-refractivity contribution in [2.45, 2.75) is 33.0 Å². The molecular weight excluding hydrogens is 325 g/mol. The number of hydrogen-bond acceptors (Lipinski definition) is 3. The molecule has 0 radical (unpaired) electrons. The zero-order valence-electron chi connectivity index (χ0n) is 13.8. The minimum atomic E-state index is -4.14. The van der Waals surface area contributed by atoms with Crippen molar-refractivity contribution in [1.29, 1.82) is 0 Å². The lowest BCUT2D eigenvalue weighted by atomic mass is 10.4. The Labute approximate surface area is 139 Å². The van der Waals surface area contributed by atoms with Crippen molar-refractivity contribution < 1.29 is 13.2 Å². The second-order valence-corrected chi connectivity index (χ2v) is 6.71. The Morgan fingerprint density at radius 3 is 2.61 bits per heavy atom. The average Bonchev–Trinajstić information content (AvgIpc) is 2.84. The quantitative estimate of drug-likeness (QED) is 0.430. The Morgan fingerprint density at radius 2 is 2.04 bits per heavy atom. The first-order valence-electron chi connectivity index (χ1n) is 7.63. The highest BCUT2D eigenvalue weighted by Crippen LogP contribution is 2.16. The van der Waals surface area contributed by atoms with Gasteiger partial charge in [-0.3, -0.25) is 4.90 Å². The summed E-state index contributed by atoms with van der Waals surface area (Å²) in [6, 6.07) is 4.12. The van der Waals surface area contributed by atoms with Crippen LogP contribution in [-0.4, -0.2) is 50.3 Å². The molecule has 23 heavy (non-hydrogen) atoms. The normalized spacial score (nSPS) is 12.7. The number of aryl methyl sites for hydroxylation is 1. The summed E-state index contributed by atoms with van der Waals surface area (Å²) >= 11 is 1.71. The predicted molar refractivity (Wildman–Crippen MR) is 90.0 cm³/mol. The highest BCUT2D eigenvalue weighted by molar-refractivity contribution is 7.11. The highest BCUT2D eigenvalue weighted by Gasteiger charge is 2.28. The molecule has 0 aliphatic carbocycles. The van der Waals surface area contributed by atoms with Gasteiger partial charge in [-0.1, -0.05) is 0 Å². The summed E-state index contributed by atoms with van der Waals surface area (Å²) in [5, 5.41) is 6.29. The first kappa shape index (κ1) is 19.8. The molecule has 1 heterocycles. The molecule has 1 rings (SSSR count). The highest BCUT2D eigenvalue weighted by atomic mass is 32.1. The Morgan fingerprint density at radius 1 is 1.30 bits per heavy atom. The molecule has 0 saturated heterocycles. The van der Waals surface area contributed by atoms with Gasteiger partial charge in [-0.05, 0) is 46.0 Å². The van der Waals surface area contributed by atoms with Gasteiger partial charge in [0.25, 0.3) is 0 Å². The molecule has 0 aliphatic rings. The Hall–Kier alpha value is -1.28. The van der Waals surface area contributed by atoms with Gasteiger partial charge in [0.15, 0.2) is 5.96 Å². The van der Waals surface area contributed by atoms with Gasteiger partial charge in [-0.25, -0.2) is 4.99 Å². The third-order valence-electron chi connectivity index (χ3n) is 2.99. The summed E-state index contributed by atoms with van der Waals surface area (Å²) in [5.41, 5.74) is 0. The molecular formula is C15H25F3N4S. The van der Waals surface area contributed by atoms with Crippen LogP contribution in [-0.2, 0) is 6.54 Å². The first-order valence-corrected chi connectivity index (χ1v) is 8.44. The number of aliphatic imine (C=N–C) groups is 1. The summed E-state index contributed by atoms with van der Waals surface area (Å²) in [4.78, 5) is 8.20. The molecule has 0 amide bonds. The number of hydrogen-bond donors (Lipinski definition) is 2. The largest absolute Gasteiger partial charge is 0.401 e.